The minimum absolute atomic E-state index is 0.299. The number of aromatic nitrogens is 3. The Morgan fingerprint density at radius 3 is 2.50 bits per heavy atom. The number of ether oxygens (including phenoxy) is 1. The summed E-state index contributed by atoms with van der Waals surface area (Å²) in [6.45, 7) is -1.14. The maximum Gasteiger partial charge on any atom is 0.370 e. The monoisotopic (exact) mass is 477 g/mol. The van der Waals surface area contributed by atoms with Crippen molar-refractivity contribution in [1.82, 2.24) is 20.3 Å². The van der Waals surface area contributed by atoms with Crippen LogP contribution in [0.25, 0.3) is 11.3 Å². The SMILES string of the molecule is CN(C)c1ccc(-c2cn(CC(=O)NC3C(C(O)C(O)CO)OC(C(=O)O)=C[C@H]3O)nn2)cc1. The zero-order valence-corrected chi connectivity index (χ0v) is 18.5. The van der Waals surface area contributed by atoms with Crippen LogP contribution in [-0.2, 0) is 20.9 Å². The first-order valence-electron chi connectivity index (χ1n) is 10.3. The molecule has 0 radical (unpaired) electrons. The fraction of sp³-hybridized carbons (Fsp3) is 0.429. The third-order valence-corrected chi connectivity index (χ3v) is 5.29. The third-order valence-electron chi connectivity index (χ3n) is 5.29. The number of aliphatic hydroxyl groups is 4. The number of carboxylic acid groups (broad SMARTS) is 1. The van der Waals surface area contributed by atoms with Crippen LogP contribution in [0.1, 0.15) is 0 Å². The van der Waals surface area contributed by atoms with Gasteiger partial charge in [-0.15, -0.1) is 5.10 Å². The van der Waals surface area contributed by atoms with Crippen molar-refractivity contribution in [3.63, 3.8) is 0 Å². The molecule has 0 spiro atoms. The molecule has 3 rings (SSSR count). The molecular weight excluding hydrogens is 450 g/mol. The largest absolute Gasteiger partial charge is 0.478 e. The predicted molar refractivity (Wildman–Crippen MR) is 117 cm³/mol. The minimum Gasteiger partial charge on any atom is -0.478 e. The summed E-state index contributed by atoms with van der Waals surface area (Å²) in [5, 5.41) is 59.1. The number of aliphatic hydroxyl groups excluding tert-OH is 4. The van der Waals surface area contributed by atoms with E-state index in [4.69, 9.17) is 14.9 Å². The Morgan fingerprint density at radius 2 is 1.91 bits per heavy atom. The predicted octanol–water partition coefficient (Wildman–Crippen LogP) is -2.06. The molecular formula is C21H27N5O8. The maximum absolute atomic E-state index is 12.6. The number of rotatable bonds is 9. The lowest BCUT2D eigenvalue weighted by Gasteiger charge is -2.38. The van der Waals surface area contributed by atoms with E-state index < -0.39 is 54.7 Å². The first kappa shape index (κ1) is 25.1. The van der Waals surface area contributed by atoms with Crippen LogP contribution in [0.5, 0.6) is 0 Å². The highest BCUT2D eigenvalue weighted by molar-refractivity contribution is 5.84. The summed E-state index contributed by atoms with van der Waals surface area (Å²) in [4.78, 5) is 25.8. The van der Waals surface area contributed by atoms with Gasteiger partial charge in [-0.1, -0.05) is 17.3 Å². The van der Waals surface area contributed by atoms with Crippen LogP contribution in [0.4, 0.5) is 5.69 Å². The summed E-state index contributed by atoms with van der Waals surface area (Å²) >= 11 is 0. The van der Waals surface area contributed by atoms with Gasteiger partial charge in [-0.3, -0.25) is 4.79 Å². The van der Waals surface area contributed by atoms with Crippen LogP contribution < -0.4 is 10.2 Å². The van der Waals surface area contributed by atoms with Crippen LogP contribution in [0.15, 0.2) is 42.3 Å². The van der Waals surface area contributed by atoms with Crippen molar-refractivity contribution < 1.29 is 39.9 Å². The molecule has 1 aromatic heterocycles. The second-order valence-electron chi connectivity index (χ2n) is 7.99. The quantitative estimate of drug-likeness (QED) is 0.233. The van der Waals surface area contributed by atoms with Gasteiger partial charge in [-0.05, 0) is 18.2 Å². The van der Waals surface area contributed by atoms with Crippen molar-refractivity contribution in [2.75, 3.05) is 25.6 Å². The lowest BCUT2D eigenvalue weighted by atomic mass is 9.94. The molecule has 1 aliphatic rings. The standard InChI is InChI=1S/C21H27N5O8/c1-25(2)12-5-3-11(4-6-12)13-8-26(24-23-13)9-17(30)22-18-14(28)7-16(21(32)33)34-20(18)19(31)15(29)10-27/h3-8,14-15,18-20,27-29,31H,9-10H2,1-2H3,(H,22,30)(H,32,33)/t14-,15?,18?,19?,20?/m1/s1. The van der Waals surface area contributed by atoms with Gasteiger partial charge in [-0.2, -0.15) is 0 Å². The molecule has 0 fully saturated rings. The van der Waals surface area contributed by atoms with E-state index in [1.165, 1.54) is 4.68 Å². The number of hydrogen-bond donors (Lipinski definition) is 6. The highest BCUT2D eigenvalue weighted by Crippen LogP contribution is 2.23. The zero-order valence-electron chi connectivity index (χ0n) is 18.5. The van der Waals surface area contributed by atoms with Crippen LogP contribution in [0.2, 0.25) is 0 Å². The summed E-state index contributed by atoms with van der Waals surface area (Å²) in [6, 6.07) is 6.25. The van der Waals surface area contributed by atoms with E-state index in [9.17, 15) is 24.9 Å². The summed E-state index contributed by atoms with van der Waals surface area (Å²) in [6.07, 6.45) is -4.15. The summed E-state index contributed by atoms with van der Waals surface area (Å²) in [5.74, 6) is -2.81. The number of hydrogen-bond acceptors (Lipinski definition) is 10. The van der Waals surface area contributed by atoms with Crippen molar-refractivity contribution in [1.29, 1.82) is 0 Å². The molecule has 0 aliphatic carbocycles. The Labute approximate surface area is 194 Å². The second kappa shape index (κ2) is 10.6. The minimum atomic E-state index is -1.80. The Hall–Kier alpha value is -3.52. The lowest BCUT2D eigenvalue weighted by molar-refractivity contribution is -0.149. The normalized spacial score (nSPS) is 21.7. The van der Waals surface area contributed by atoms with Gasteiger partial charge >= 0.3 is 5.97 Å². The molecule has 4 unspecified atom stereocenters. The van der Waals surface area contributed by atoms with Crippen LogP contribution in [0, 0.1) is 0 Å². The van der Waals surface area contributed by atoms with Crippen LogP contribution >= 0.6 is 0 Å². The molecule has 34 heavy (non-hydrogen) atoms. The molecule has 184 valence electrons. The van der Waals surface area contributed by atoms with Crippen LogP contribution in [0.3, 0.4) is 0 Å². The van der Waals surface area contributed by atoms with Crippen molar-refractivity contribution >= 4 is 17.6 Å². The third kappa shape index (κ3) is 5.69. The van der Waals surface area contributed by atoms with E-state index in [1.54, 1.807) is 6.20 Å². The van der Waals surface area contributed by atoms with Crippen molar-refractivity contribution in [3.05, 3.63) is 42.3 Å². The Kier molecular flexibility index (Phi) is 7.83. The van der Waals surface area contributed by atoms with Gasteiger partial charge < -0.3 is 40.5 Å². The van der Waals surface area contributed by atoms with Gasteiger partial charge in [0, 0.05) is 25.3 Å². The molecule has 1 aromatic carbocycles. The lowest BCUT2D eigenvalue weighted by Crippen LogP contribution is -2.60. The van der Waals surface area contributed by atoms with Gasteiger partial charge in [0.1, 0.15) is 30.6 Å². The number of nitrogens with zero attached hydrogens (tertiary/aromatic N) is 4. The zero-order chi connectivity index (χ0) is 25.0. The van der Waals surface area contributed by atoms with Gasteiger partial charge in [0.15, 0.2) is 6.10 Å². The number of anilines is 1. The summed E-state index contributed by atoms with van der Waals surface area (Å²) in [5.41, 5.74) is 2.33. The summed E-state index contributed by atoms with van der Waals surface area (Å²) < 4.78 is 6.45. The van der Waals surface area contributed by atoms with Gasteiger partial charge in [0.2, 0.25) is 11.7 Å². The molecule has 0 saturated heterocycles. The Balaban J connectivity index is 1.71. The Morgan fingerprint density at radius 1 is 1.24 bits per heavy atom. The molecule has 1 aliphatic heterocycles. The highest BCUT2D eigenvalue weighted by Gasteiger charge is 2.43. The number of carbonyl (C=O) groups is 2. The van der Waals surface area contributed by atoms with E-state index >= 15 is 0 Å². The molecule has 6 N–H and O–H groups in total. The first-order chi connectivity index (χ1) is 16.1. The van der Waals surface area contributed by atoms with Crippen molar-refractivity contribution in [2.24, 2.45) is 0 Å². The average molecular weight is 477 g/mol. The van der Waals surface area contributed by atoms with Crippen molar-refractivity contribution in [2.45, 2.75) is 37.0 Å². The van der Waals surface area contributed by atoms with Gasteiger partial charge in [0.25, 0.3) is 0 Å². The first-order valence-corrected chi connectivity index (χ1v) is 10.3. The highest BCUT2D eigenvalue weighted by atomic mass is 16.5. The van der Waals surface area contributed by atoms with Crippen LogP contribution in [-0.4, -0.2) is 104 Å². The maximum atomic E-state index is 12.6. The van der Waals surface area contributed by atoms with E-state index in [0.717, 1.165) is 17.3 Å². The second-order valence-corrected chi connectivity index (χ2v) is 7.99. The topological polar surface area (TPSA) is 190 Å². The fourth-order valence-corrected chi connectivity index (χ4v) is 3.43. The molecule has 13 heteroatoms. The van der Waals surface area contributed by atoms with Crippen molar-refractivity contribution in [3.8, 4) is 11.3 Å². The number of carbonyl (C=O) groups excluding carboxylic acids is 1. The number of aliphatic carboxylic acids is 1. The fourth-order valence-electron chi connectivity index (χ4n) is 3.43. The van der Waals surface area contributed by atoms with Gasteiger partial charge in [-0.25, -0.2) is 9.48 Å². The summed E-state index contributed by atoms with van der Waals surface area (Å²) in [7, 11) is 3.84. The van der Waals surface area contributed by atoms with E-state index in [1.807, 2.05) is 43.3 Å². The number of carboxylic acids is 1. The van der Waals surface area contributed by atoms with E-state index in [2.05, 4.69) is 15.6 Å². The Bertz CT molecular complexity index is 1040. The molecule has 1 amide bonds. The number of amides is 1. The van der Waals surface area contributed by atoms with E-state index in [-0.39, 0.29) is 6.54 Å². The smallest absolute Gasteiger partial charge is 0.370 e. The molecule has 5 atom stereocenters. The molecule has 0 saturated carbocycles. The number of nitrogens with one attached hydrogen (secondary N) is 1. The van der Waals surface area contributed by atoms with Gasteiger partial charge in [0.05, 0.1) is 18.8 Å². The molecule has 13 nitrogen and oxygen atoms in total. The molecule has 0 bridgehead atoms. The molecule has 2 heterocycles. The number of benzene rings is 1. The average Bonchev–Trinajstić information content (AvgIpc) is 3.27. The van der Waals surface area contributed by atoms with E-state index in [0.29, 0.717) is 5.69 Å². The molecule has 2 aromatic rings.